The lowest BCUT2D eigenvalue weighted by Crippen LogP contribution is -2.15. The van der Waals surface area contributed by atoms with Gasteiger partial charge in [0.15, 0.2) is 0 Å². The maximum atomic E-state index is 2.54. The van der Waals surface area contributed by atoms with Gasteiger partial charge in [0.05, 0.1) is 0 Å². The first-order valence-electron chi connectivity index (χ1n) is 16.6. The molecule has 4 aromatic rings. The van der Waals surface area contributed by atoms with E-state index >= 15 is 0 Å². The van der Waals surface area contributed by atoms with Crippen molar-refractivity contribution in [2.75, 3.05) is 0 Å². The molecule has 0 atom stereocenters. The third kappa shape index (κ3) is 7.63. The molecule has 0 N–H and O–H groups in total. The summed E-state index contributed by atoms with van der Waals surface area (Å²) in [5.41, 5.74) is 14.8. The molecule has 0 nitrogen and oxygen atoms in total. The van der Waals surface area contributed by atoms with Crippen LogP contribution < -0.4 is 0 Å². The van der Waals surface area contributed by atoms with E-state index in [1.807, 2.05) is 0 Å². The molecule has 1 aliphatic rings. The summed E-state index contributed by atoms with van der Waals surface area (Å²) in [5, 5.41) is 0. The molecule has 0 heterocycles. The topological polar surface area (TPSA) is 0 Å². The van der Waals surface area contributed by atoms with Gasteiger partial charge in [-0.05, 0) is 125 Å². The summed E-state index contributed by atoms with van der Waals surface area (Å²) < 4.78 is 0. The van der Waals surface area contributed by atoms with Crippen molar-refractivity contribution in [2.24, 2.45) is 5.92 Å². The molecule has 0 amide bonds. The van der Waals surface area contributed by atoms with Gasteiger partial charge in [-0.3, -0.25) is 0 Å². The zero-order chi connectivity index (χ0) is 29.7. The van der Waals surface area contributed by atoms with Gasteiger partial charge in [0, 0.05) is 0 Å². The molecule has 5 rings (SSSR count). The number of aryl methyl sites for hydroxylation is 4. The van der Waals surface area contributed by atoms with Crippen LogP contribution in [0, 0.1) is 12.8 Å². The summed E-state index contributed by atoms with van der Waals surface area (Å²) >= 11 is 0. The molecular weight excluding hydrogens is 504 g/mol. The van der Waals surface area contributed by atoms with Crippen LogP contribution in [0.15, 0.2) is 84.9 Å². The fourth-order valence-electron chi connectivity index (χ4n) is 7.01. The van der Waals surface area contributed by atoms with Crippen LogP contribution in [0.1, 0.15) is 122 Å². The Bertz CT molecular complexity index is 1460. The van der Waals surface area contributed by atoms with Gasteiger partial charge in [0.25, 0.3) is 0 Å². The Balaban J connectivity index is 1.34. The summed E-state index contributed by atoms with van der Waals surface area (Å²) in [6, 6.07) is 32.7. The van der Waals surface area contributed by atoms with E-state index in [1.165, 1.54) is 75.8 Å². The van der Waals surface area contributed by atoms with Crippen LogP contribution >= 0.6 is 0 Å². The number of rotatable bonds is 9. The summed E-state index contributed by atoms with van der Waals surface area (Å²) in [5.74, 6) is 1.66. The predicted molar refractivity (Wildman–Crippen MR) is 182 cm³/mol. The lowest BCUT2D eigenvalue weighted by molar-refractivity contribution is 0.348. The molecule has 0 saturated heterocycles. The van der Waals surface area contributed by atoms with Crippen LogP contribution in [0.2, 0.25) is 0 Å². The quantitative estimate of drug-likeness (QED) is 0.192. The Morgan fingerprint density at radius 3 is 2.02 bits per heavy atom. The van der Waals surface area contributed by atoms with Gasteiger partial charge in [0.2, 0.25) is 0 Å². The molecule has 1 saturated carbocycles. The SMILES string of the molecule is CCc1cc(C2CCC(C)CC2)ccc1Cc1ccc(C)c(Cc2ccc(CCc3ccccc3)cc2C(C)(C)C)c1. The van der Waals surface area contributed by atoms with Gasteiger partial charge in [-0.15, -0.1) is 0 Å². The summed E-state index contributed by atoms with van der Waals surface area (Å²) in [6.07, 6.45) is 10.8. The molecule has 0 unspecified atom stereocenters. The van der Waals surface area contributed by atoms with Crippen molar-refractivity contribution in [3.05, 3.63) is 141 Å². The van der Waals surface area contributed by atoms with Crippen molar-refractivity contribution < 1.29 is 0 Å². The summed E-state index contributed by atoms with van der Waals surface area (Å²) in [6.45, 7) is 14.1. The van der Waals surface area contributed by atoms with Crippen LogP contribution in [0.25, 0.3) is 0 Å². The average Bonchev–Trinajstić information content (AvgIpc) is 2.99. The molecule has 42 heavy (non-hydrogen) atoms. The largest absolute Gasteiger partial charge is 0.0625 e. The van der Waals surface area contributed by atoms with Crippen molar-refractivity contribution in [1.82, 2.24) is 0 Å². The van der Waals surface area contributed by atoms with Crippen LogP contribution in [-0.4, -0.2) is 0 Å². The Labute approximate surface area is 256 Å². The van der Waals surface area contributed by atoms with E-state index in [2.05, 4.69) is 126 Å². The van der Waals surface area contributed by atoms with E-state index in [4.69, 9.17) is 0 Å². The summed E-state index contributed by atoms with van der Waals surface area (Å²) in [4.78, 5) is 0. The highest BCUT2D eigenvalue weighted by molar-refractivity contribution is 5.44. The van der Waals surface area contributed by atoms with Crippen molar-refractivity contribution in [3.63, 3.8) is 0 Å². The first kappa shape index (κ1) is 30.3. The monoisotopic (exact) mass is 556 g/mol. The smallest absolute Gasteiger partial charge is 0.00201 e. The van der Waals surface area contributed by atoms with Gasteiger partial charge >= 0.3 is 0 Å². The second-order valence-corrected chi connectivity index (χ2v) is 14.2. The Hall–Kier alpha value is -3.12. The van der Waals surface area contributed by atoms with Crippen LogP contribution in [0.4, 0.5) is 0 Å². The third-order valence-corrected chi connectivity index (χ3v) is 9.81. The van der Waals surface area contributed by atoms with Crippen molar-refractivity contribution >= 4 is 0 Å². The first-order valence-corrected chi connectivity index (χ1v) is 16.6. The zero-order valence-electron chi connectivity index (χ0n) is 27.1. The van der Waals surface area contributed by atoms with E-state index < -0.39 is 0 Å². The van der Waals surface area contributed by atoms with Gasteiger partial charge < -0.3 is 0 Å². The molecule has 0 radical (unpaired) electrons. The Morgan fingerprint density at radius 2 is 1.31 bits per heavy atom. The Morgan fingerprint density at radius 1 is 0.619 bits per heavy atom. The van der Waals surface area contributed by atoms with Gasteiger partial charge in [-0.25, -0.2) is 0 Å². The lowest BCUT2D eigenvalue weighted by Gasteiger charge is -2.27. The minimum atomic E-state index is 0.109. The van der Waals surface area contributed by atoms with Crippen LogP contribution in [0.5, 0.6) is 0 Å². The molecule has 0 bridgehead atoms. The average molecular weight is 557 g/mol. The second kappa shape index (κ2) is 13.5. The molecule has 1 fully saturated rings. The third-order valence-electron chi connectivity index (χ3n) is 9.81. The predicted octanol–water partition coefficient (Wildman–Crippen LogP) is 11.1. The molecule has 220 valence electrons. The highest BCUT2D eigenvalue weighted by Crippen LogP contribution is 2.36. The van der Waals surface area contributed by atoms with Crippen molar-refractivity contribution in [3.8, 4) is 0 Å². The van der Waals surface area contributed by atoms with Gasteiger partial charge in [-0.1, -0.05) is 132 Å². The summed E-state index contributed by atoms with van der Waals surface area (Å²) in [7, 11) is 0. The van der Waals surface area contributed by atoms with E-state index in [-0.39, 0.29) is 5.41 Å². The van der Waals surface area contributed by atoms with Crippen LogP contribution in [-0.2, 0) is 37.5 Å². The highest BCUT2D eigenvalue weighted by atomic mass is 14.3. The molecular formula is C42H52. The highest BCUT2D eigenvalue weighted by Gasteiger charge is 2.21. The molecule has 1 aliphatic carbocycles. The standard InChI is InChI=1S/C42H52/c1-7-35-28-38(36-20-13-30(2)14-21-36)24-23-37(35)25-34-16-15-31(3)40(26-34)29-39-22-19-33(27-41(39)42(4,5)6)18-17-32-11-9-8-10-12-32/h8-12,15-16,19,22-24,26-28,30,36H,7,13-14,17-18,20-21,25,29H2,1-6H3. The minimum absolute atomic E-state index is 0.109. The fraction of sp³-hybridized carbons (Fsp3) is 0.429. The molecule has 0 aromatic heterocycles. The maximum absolute atomic E-state index is 2.54. The first-order chi connectivity index (χ1) is 20.2. The number of benzene rings is 4. The lowest BCUT2D eigenvalue weighted by atomic mass is 9.78. The molecule has 4 aromatic carbocycles. The van der Waals surface area contributed by atoms with E-state index in [0.717, 1.165) is 43.9 Å². The maximum Gasteiger partial charge on any atom is -0.00201 e. The molecule has 0 heteroatoms. The van der Waals surface area contributed by atoms with E-state index in [1.54, 1.807) is 5.56 Å². The molecule has 0 spiro atoms. The second-order valence-electron chi connectivity index (χ2n) is 14.2. The van der Waals surface area contributed by atoms with Gasteiger partial charge in [0.1, 0.15) is 0 Å². The van der Waals surface area contributed by atoms with Crippen LogP contribution in [0.3, 0.4) is 0 Å². The van der Waals surface area contributed by atoms with Gasteiger partial charge in [-0.2, -0.15) is 0 Å². The van der Waals surface area contributed by atoms with E-state index in [9.17, 15) is 0 Å². The van der Waals surface area contributed by atoms with E-state index in [0.29, 0.717) is 0 Å². The fourth-order valence-corrected chi connectivity index (χ4v) is 7.01. The minimum Gasteiger partial charge on any atom is -0.0625 e. The number of hydrogen-bond acceptors (Lipinski definition) is 0. The van der Waals surface area contributed by atoms with Crippen molar-refractivity contribution in [2.45, 2.75) is 111 Å². The number of hydrogen-bond donors (Lipinski definition) is 0. The molecule has 0 aliphatic heterocycles. The zero-order valence-corrected chi connectivity index (χ0v) is 27.1. The van der Waals surface area contributed by atoms with Crippen molar-refractivity contribution in [1.29, 1.82) is 0 Å². The normalized spacial score (nSPS) is 17.4. The Kier molecular flexibility index (Phi) is 9.72.